The number of hydrogen-bond donors (Lipinski definition) is 0. The van der Waals surface area contributed by atoms with Gasteiger partial charge in [0.25, 0.3) is 0 Å². The summed E-state index contributed by atoms with van der Waals surface area (Å²) in [5.41, 5.74) is 14.1. The van der Waals surface area contributed by atoms with Crippen molar-refractivity contribution in [2.24, 2.45) is 0 Å². The highest BCUT2D eigenvalue weighted by Crippen LogP contribution is 2.45. The van der Waals surface area contributed by atoms with Crippen LogP contribution >= 0.6 is 0 Å². The molecule has 0 aliphatic heterocycles. The topological polar surface area (TPSA) is 57.0 Å². The summed E-state index contributed by atoms with van der Waals surface area (Å²) in [7, 11) is 0. The smallest absolute Gasteiger partial charge is 0.227 e. The highest BCUT2D eigenvalue weighted by atomic mass is 16.4. The molecule has 0 fully saturated rings. The number of furan rings is 1. The molecule has 0 radical (unpaired) electrons. The predicted octanol–water partition coefficient (Wildman–Crippen LogP) is 12.6. The lowest BCUT2D eigenvalue weighted by Crippen LogP contribution is -2.09. The number of aromatic nitrogens is 3. The Kier molecular flexibility index (Phi) is 6.99. The van der Waals surface area contributed by atoms with Gasteiger partial charge < -0.3 is 8.83 Å². The number of imidazole rings is 1. The van der Waals surface area contributed by atoms with E-state index in [4.69, 9.17) is 18.8 Å². The van der Waals surface area contributed by atoms with Gasteiger partial charge in [-0.25, -0.2) is 9.97 Å². The molecule has 5 nitrogen and oxygen atoms in total. The number of nitrogens with zero attached hydrogens (tertiary/aromatic N) is 3. The van der Waals surface area contributed by atoms with Crippen molar-refractivity contribution < 1.29 is 8.83 Å². The Morgan fingerprint density at radius 2 is 1.24 bits per heavy atom. The third-order valence-electron chi connectivity index (χ3n) is 9.82. The van der Waals surface area contributed by atoms with Crippen LogP contribution in [0.4, 0.5) is 0 Å². The van der Waals surface area contributed by atoms with Crippen LogP contribution in [0.25, 0.3) is 83.7 Å². The lowest BCUT2D eigenvalue weighted by molar-refractivity contribution is 0.622. The second-order valence-electron chi connectivity index (χ2n) is 13.9. The first kappa shape index (κ1) is 30.1. The van der Waals surface area contributed by atoms with Gasteiger partial charge in [0, 0.05) is 10.9 Å². The van der Waals surface area contributed by atoms with Crippen LogP contribution in [0.3, 0.4) is 0 Å². The van der Waals surface area contributed by atoms with Crippen LogP contribution in [0.5, 0.6) is 0 Å². The summed E-state index contributed by atoms with van der Waals surface area (Å²) in [4.78, 5) is 10.5. The fourth-order valence-corrected chi connectivity index (χ4v) is 7.35. The molecule has 0 saturated heterocycles. The maximum absolute atomic E-state index is 6.82. The molecular weight excluding hydrogens is 615 g/mol. The van der Waals surface area contributed by atoms with Crippen LogP contribution in [0.2, 0.25) is 0 Å². The highest BCUT2D eigenvalue weighted by Gasteiger charge is 2.28. The first-order valence-electron chi connectivity index (χ1n) is 17.4. The summed E-state index contributed by atoms with van der Waals surface area (Å²) in [6, 6.07) is 42.3. The average molecular weight is 652 g/mol. The van der Waals surface area contributed by atoms with E-state index in [1.54, 1.807) is 0 Å². The van der Waals surface area contributed by atoms with Crippen molar-refractivity contribution in [1.29, 1.82) is 0 Å². The maximum Gasteiger partial charge on any atom is 0.227 e. The minimum absolute atomic E-state index is 0.251. The van der Waals surface area contributed by atoms with Crippen molar-refractivity contribution in [2.75, 3.05) is 0 Å². The van der Waals surface area contributed by atoms with Crippen LogP contribution < -0.4 is 0 Å². The van der Waals surface area contributed by atoms with Crippen LogP contribution in [-0.2, 0) is 0 Å². The van der Waals surface area contributed by atoms with Crippen LogP contribution in [0.15, 0.2) is 130 Å². The maximum atomic E-state index is 6.82. The van der Waals surface area contributed by atoms with Gasteiger partial charge in [-0.15, -0.1) is 0 Å². The highest BCUT2D eigenvalue weighted by molar-refractivity contribution is 6.20. The molecular formula is C45H37N3O2. The molecule has 9 aromatic rings. The van der Waals surface area contributed by atoms with E-state index in [1.807, 2.05) is 30.3 Å². The molecule has 0 aliphatic carbocycles. The van der Waals surface area contributed by atoms with Gasteiger partial charge in [0.05, 0.1) is 27.7 Å². The molecule has 0 saturated carbocycles. The Bertz CT molecular complexity index is 2680. The van der Waals surface area contributed by atoms with Crippen molar-refractivity contribution in [1.82, 2.24) is 14.5 Å². The van der Waals surface area contributed by atoms with Gasteiger partial charge in [-0.1, -0.05) is 100 Å². The molecule has 0 N–H and O–H groups in total. The molecule has 6 aromatic carbocycles. The number of fused-ring (bicyclic) bond motifs is 6. The second-order valence-corrected chi connectivity index (χ2v) is 13.9. The summed E-state index contributed by atoms with van der Waals surface area (Å²) in [6.45, 7) is 11.2. The molecule has 0 spiro atoms. The lowest BCUT2D eigenvalue weighted by atomic mass is 9.88. The lowest BCUT2D eigenvalue weighted by Gasteiger charge is -2.24. The van der Waals surface area contributed by atoms with Gasteiger partial charge in [-0.05, 0) is 95.1 Å². The van der Waals surface area contributed by atoms with Gasteiger partial charge >= 0.3 is 0 Å². The molecule has 3 heterocycles. The van der Waals surface area contributed by atoms with Crippen molar-refractivity contribution in [3.63, 3.8) is 0 Å². The zero-order valence-corrected chi connectivity index (χ0v) is 28.9. The monoisotopic (exact) mass is 651 g/mol. The normalized spacial score (nSPS) is 12.1. The molecule has 5 heteroatoms. The predicted molar refractivity (Wildman–Crippen MR) is 205 cm³/mol. The molecule has 244 valence electrons. The third-order valence-corrected chi connectivity index (χ3v) is 9.82. The van der Waals surface area contributed by atoms with Crippen molar-refractivity contribution in [2.45, 2.75) is 46.5 Å². The van der Waals surface area contributed by atoms with Gasteiger partial charge in [0.15, 0.2) is 5.58 Å². The summed E-state index contributed by atoms with van der Waals surface area (Å²) in [6.07, 6.45) is 0. The first-order valence-corrected chi connectivity index (χ1v) is 17.4. The van der Waals surface area contributed by atoms with Crippen LogP contribution in [0, 0.1) is 6.92 Å². The summed E-state index contributed by atoms with van der Waals surface area (Å²) >= 11 is 0. The number of aryl methyl sites for hydroxylation is 1. The standard InChI is InChI=1S/C45H37N3O2/c1-26(2)33-23-31(29-14-8-6-9-15-29)24-34(27(3)4)41(33)48-38-19-13-12-18-36(38)46-44(48)35-25-37-43(50-45(47-37)30-16-10-7-11-17-30)40-32-21-20-28(5)22-39(32)49-42(35)40/h6-27H,1-5H3. The summed E-state index contributed by atoms with van der Waals surface area (Å²) in [5.74, 6) is 1.89. The fraction of sp³-hybridized carbons (Fsp3) is 0.156. The number of benzene rings is 6. The Morgan fingerprint density at radius 1 is 0.580 bits per heavy atom. The van der Waals surface area contributed by atoms with E-state index < -0.39 is 0 Å². The number of rotatable bonds is 6. The molecule has 0 amide bonds. The third kappa shape index (κ3) is 4.76. The number of hydrogen-bond acceptors (Lipinski definition) is 4. The minimum atomic E-state index is 0.251. The Morgan fingerprint density at radius 3 is 1.94 bits per heavy atom. The zero-order valence-electron chi connectivity index (χ0n) is 28.9. The van der Waals surface area contributed by atoms with E-state index in [0.29, 0.717) is 11.5 Å². The minimum Gasteiger partial charge on any atom is -0.455 e. The van der Waals surface area contributed by atoms with Crippen molar-refractivity contribution >= 4 is 44.1 Å². The largest absolute Gasteiger partial charge is 0.455 e. The molecule has 0 atom stereocenters. The Hall–Kier alpha value is -5.94. The summed E-state index contributed by atoms with van der Waals surface area (Å²) < 4.78 is 15.8. The van der Waals surface area contributed by atoms with E-state index in [1.165, 1.54) is 27.9 Å². The van der Waals surface area contributed by atoms with Gasteiger partial charge in [-0.2, -0.15) is 0 Å². The van der Waals surface area contributed by atoms with Gasteiger partial charge in [0.1, 0.15) is 22.5 Å². The Labute approximate surface area is 290 Å². The van der Waals surface area contributed by atoms with E-state index in [0.717, 1.165) is 61.0 Å². The molecule has 0 aliphatic rings. The van der Waals surface area contributed by atoms with Crippen LogP contribution in [0.1, 0.15) is 56.2 Å². The second kappa shape index (κ2) is 11.6. The number of oxazole rings is 1. The van der Waals surface area contributed by atoms with Crippen molar-refractivity contribution in [3.05, 3.63) is 138 Å². The Balaban J connectivity index is 1.41. The van der Waals surface area contributed by atoms with Gasteiger partial charge in [0.2, 0.25) is 5.89 Å². The fourth-order valence-electron chi connectivity index (χ4n) is 7.35. The first-order chi connectivity index (χ1) is 24.4. The van der Waals surface area contributed by atoms with E-state index >= 15 is 0 Å². The van der Waals surface area contributed by atoms with Crippen LogP contribution in [-0.4, -0.2) is 14.5 Å². The molecule has 3 aromatic heterocycles. The molecule has 0 bridgehead atoms. The zero-order chi connectivity index (χ0) is 34.1. The SMILES string of the molecule is Cc1ccc2c(c1)oc1c(-c3nc4ccccc4n3-c3c(C(C)C)cc(-c4ccccc4)cc3C(C)C)cc3nc(-c4ccccc4)oc3c12. The van der Waals surface area contributed by atoms with E-state index in [2.05, 4.69) is 130 Å². The molecule has 0 unspecified atom stereocenters. The van der Waals surface area contributed by atoms with Crippen molar-refractivity contribution in [3.8, 4) is 39.7 Å². The molecule has 50 heavy (non-hydrogen) atoms. The van der Waals surface area contributed by atoms with E-state index in [-0.39, 0.29) is 11.8 Å². The number of para-hydroxylation sites is 2. The van der Waals surface area contributed by atoms with E-state index in [9.17, 15) is 0 Å². The summed E-state index contributed by atoms with van der Waals surface area (Å²) in [5, 5.41) is 1.90. The quantitative estimate of drug-likeness (QED) is 0.179. The van der Waals surface area contributed by atoms with Gasteiger partial charge in [-0.3, -0.25) is 4.57 Å². The molecule has 9 rings (SSSR count). The average Bonchev–Trinajstić information content (AvgIpc) is 3.84.